The highest BCUT2D eigenvalue weighted by molar-refractivity contribution is 7.99. The molecule has 0 saturated carbocycles. The lowest BCUT2D eigenvalue weighted by atomic mass is 9.98. The lowest BCUT2D eigenvalue weighted by Gasteiger charge is -2.31. The molecule has 1 amide bonds. The Morgan fingerprint density at radius 2 is 2.04 bits per heavy atom. The van der Waals surface area contributed by atoms with Crippen LogP contribution in [0.2, 0.25) is 5.15 Å². The predicted molar refractivity (Wildman–Crippen MR) is 105 cm³/mol. The number of amides is 1. The van der Waals surface area contributed by atoms with E-state index in [4.69, 9.17) is 16.3 Å². The molecule has 2 saturated heterocycles. The minimum Gasteiger partial charge on any atom is -0.466 e. The van der Waals surface area contributed by atoms with Crippen molar-refractivity contribution in [1.29, 1.82) is 0 Å². The van der Waals surface area contributed by atoms with E-state index in [0.717, 1.165) is 44.6 Å². The third kappa shape index (κ3) is 5.48. The van der Waals surface area contributed by atoms with E-state index in [1.54, 1.807) is 17.9 Å². The van der Waals surface area contributed by atoms with Crippen LogP contribution in [-0.4, -0.2) is 65.3 Å². The molecule has 1 aromatic heterocycles. The van der Waals surface area contributed by atoms with E-state index >= 15 is 0 Å². The molecule has 1 aromatic rings. The molecule has 2 fully saturated rings. The van der Waals surface area contributed by atoms with Gasteiger partial charge in [0.1, 0.15) is 11.0 Å². The quantitative estimate of drug-likeness (QED) is 0.307. The number of hydrogen-bond acceptors (Lipinski definition) is 7. The Bertz CT molecular complexity index is 685. The molecule has 0 aliphatic carbocycles. The second-order valence-corrected chi connectivity index (χ2v) is 8.07. The number of thioether (sulfide) groups is 1. The van der Waals surface area contributed by atoms with E-state index in [2.05, 4.69) is 14.9 Å². The zero-order chi connectivity index (χ0) is 19.2. The first-order valence-electron chi connectivity index (χ1n) is 9.43. The summed E-state index contributed by atoms with van der Waals surface area (Å²) in [4.78, 5) is 37.2. The first kappa shape index (κ1) is 20.2. The molecule has 0 N–H and O–H groups in total. The summed E-state index contributed by atoms with van der Waals surface area (Å²) in [5, 5.41) is 0.902. The van der Waals surface area contributed by atoms with E-state index in [1.807, 2.05) is 0 Å². The van der Waals surface area contributed by atoms with Gasteiger partial charge in [-0.15, -0.1) is 0 Å². The minimum atomic E-state index is -0.225. The minimum absolute atomic E-state index is 0.0136. The van der Waals surface area contributed by atoms with Crippen molar-refractivity contribution in [2.45, 2.75) is 37.8 Å². The molecule has 0 aromatic carbocycles. The smallest absolute Gasteiger partial charge is 0.310 e. The number of carbonyl (C=O) groups is 2. The van der Waals surface area contributed by atoms with Gasteiger partial charge in [-0.05, 0) is 32.6 Å². The molecule has 0 bridgehead atoms. The summed E-state index contributed by atoms with van der Waals surface area (Å²) in [6.45, 7) is 5.20. The van der Waals surface area contributed by atoms with Crippen LogP contribution >= 0.6 is 23.4 Å². The monoisotopic (exact) mass is 412 g/mol. The number of likely N-dealkylation sites (tertiary alicyclic amines) is 1. The van der Waals surface area contributed by atoms with Gasteiger partial charge in [-0.3, -0.25) is 9.59 Å². The highest BCUT2D eigenvalue weighted by Crippen LogP contribution is 2.25. The van der Waals surface area contributed by atoms with Gasteiger partial charge in [0.25, 0.3) is 0 Å². The Hall–Kier alpha value is -1.54. The summed E-state index contributed by atoms with van der Waals surface area (Å²) in [5.74, 6) is 0.603. The molecule has 27 heavy (non-hydrogen) atoms. The number of ether oxygens (including phenoxy) is 1. The number of aromatic nitrogens is 2. The highest BCUT2D eigenvalue weighted by Gasteiger charge is 2.29. The summed E-state index contributed by atoms with van der Waals surface area (Å²) < 4.78 is 5.09. The van der Waals surface area contributed by atoms with Crippen molar-refractivity contribution in [2.24, 2.45) is 5.92 Å². The zero-order valence-electron chi connectivity index (χ0n) is 15.5. The maximum absolute atomic E-state index is 12.6. The number of piperidine rings is 1. The number of rotatable bonds is 6. The fraction of sp³-hybridized carbons (Fsp3) is 0.667. The summed E-state index contributed by atoms with van der Waals surface area (Å²) in [7, 11) is 0. The van der Waals surface area contributed by atoms with Gasteiger partial charge in [-0.25, -0.2) is 9.97 Å². The SMILES string of the molecule is CCOC(=O)C1CCCN(C(=O)CSc2nc(Cl)cc(N3CCCC3)n2)C1. The van der Waals surface area contributed by atoms with E-state index < -0.39 is 0 Å². The molecule has 3 rings (SSSR count). The van der Waals surface area contributed by atoms with Crippen LogP contribution in [0.4, 0.5) is 5.82 Å². The Morgan fingerprint density at radius 3 is 2.78 bits per heavy atom. The third-order valence-electron chi connectivity index (χ3n) is 4.81. The van der Waals surface area contributed by atoms with Crippen LogP contribution in [0.1, 0.15) is 32.6 Å². The fourth-order valence-corrected chi connectivity index (χ4v) is 4.42. The molecular formula is C18H25ClN4O3S. The number of anilines is 1. The van der Waals surface area contributed by atoms with E-state index in [9.17, 15) is 9.59 Å². The van der Waals surface area contributed by atoms with Crippen molar-refractivity contribution in [3.8, 4) is 0 Å². The molecule has 2 aliphatic heterocycles. The maximum Gasteiger partial charge on any atom is 0.310 e. The number of carbonyl (C=O) groups excluding carboxylic acids is 2. The summed E-state index contributed by atoms with van der Waals surface area (Å²) in [6.07, 6.45) is 3.89. The lowest BCUT2D eigenvalue weighted by molar-refractivity contribution is -0.151. The Morgan fingerprint density at radius 1 is 1.26 bits per heavy atom. The molecule has 1 unspecified atom stereocenters. The molecule has 0 spiro atoms. The van der Waals surface area contributed by atoms with Crippen molar-refractivity contribution >= 4 is 41.1 Å². The Kier molecular flexibility index (Phi) is 7.18. The standard InChI is InChI=1S/C18H25ClN4O3S/c1-2-26-17(25)13-6-5-9-23(11-13)16(24)12-27-18-20-14(19)10-15(21-18)22-7-3-4-8-22/h10,13H,2-9,11-12H2,1H3. The first-order chi connectivity index (χ1) is 13.1. The summed E-state index contributed by atoms with van der Waals surface area (Å²) in [6, 6.07) is 1.77. The van der Waals surface area contributed by atoms with Crippen LogP contribution in [0.5, 0.6) is 0 Å². The normalized spacial score (nSPS) is 20.0. The Balaban J connectivity index is 1.56. The largest absolute Gasteiger partial charge is 0.466 e. The van der Waals surface area contributed by atoms with Crippen LogP contribution in [-0.2, 0) is 14.3 Å². The average Bonchev–Trinajstić information content (AvgIpc) is 3.21. The second-order valence-electron chi connectivity index (χ2n) is 6.75. The van der Waals surface area contributed by atoms with Gasteiger partial charge in [0.2, 0.25) is 5.91 Å². The molecule has 148 valence electrons. The van der Waals surface area contributed by atoms with Gasteiger partial charge in [-0.2, -0.15) is 0 Å². The van der Waals surface area contributed by atoms with E-state index in [-0.39, 0.29) is 23.5 Å². The second kappa shape index (κ2) is 9.59. The number of halogens is 1. The van der Waals surface area contributed by atoms with Crippen molar-refractivity contribution in [2.75, 3.05) is 43.4 Å². The van der Waals surface area contributed by atoms with Crippen molar-refractivity contribution in [3.63, 3.8) is 0 Å². The van der Waals surface area contributed by atoms with Gasteiger partial charge in [0.05, 0.1) is 18.3 Å². The topological polar surface area (TPSA) is 75.6 Å². The molecule has 3 heterocycles. The van der Waals surface area contributed by atoms with Gasteiger partial charge in [0, 0.05) is 32.2 Å². The van der Waals surface area contributed by atoms with Gasteiger partial charge in [0.15, 0.2) is 5.16 Å². The lowest BCUT2D eigenvalue weighted by Crippen LogP contribution is -2.43. The molecule has 7 nitrogen and oxygen atoms in total. The van der Waals surface area contributed by atoms with Crippen LogP contribution in [0.25, 0.3) is 0 Å². The van der Waals surface area contributed by atoms with Gasteiger partial charge < -0.3 is 14.5 Å². The van der Waals surface area contributed by atoms with E-state index in [0.29, 0.717) is 30.0 Å². The fourth-order valence-electron chi connectivity index (χ4n) is 3.43. The molecule has 2 aliphatic rings. The van der Waals surface area contributed by atoms with Gasteiger partial charge >= 0.3 is 5.97 Å². The Labute approximate surface area is 168 Å². The molecule has 1 atom stereocenters. The molecular weight excluding hydrogens is 388 g/mol. The zero-order valence-corrected chi connectivity index (χ0v) is 17.1. The van der Waals surface area contributed by atoms with Crippen molar-refractivity contribution < 1.29 is 14.3 Å². The third-order valence-corrected chi connectivity index (χ3v) is 5.84. The number of esters is 1. The van der Waals surface area contributed by atoms with E-state index in [1.165, 1.54) is 11.8 Å². The summed E-state index contributed by atoms with van der Waals surface area (Å²) in [5.41, 5.74) is 0. The van der Waals surface area contributed by atoms with Crippen molar-refractivity contribution in [1.82, 2.24) is 14.9 Å². The van der Waals surface area contributed by atoms with Crippen molar-refractivity contribution in [3.05, 3.63) is 11.2 Å². The van der Waals surface area contributed by atoms with Gasteiger partial charge in [-0.1, -0.05) is 23.4 Å². The van der Waals surface area contributed by atoms with Crippen LogP contribution < -0.4 is 4.90 Å². The van der Waals surface area contributed by atoms with Crippen LogP contribution in [0.15, 0.2) is 11.2 Å². The molecule has 0 radical (unpaired) electrons. The van der Waals surface area contributed by atoms with Crippen LogP contribution in [0, 0.1) is 5.92 Å². The number of nitrogens with zero attached hydrogens (tertiary/aromatic N) is 4. The average molecular weight is 413 g/mol. The predicted octanol–water partition coefficient (Wildman–Crippen LogP) is 2.62. The first-order valence-corrected chi connectivity index (χ1v) is 10.8. The summed E-state index contributed by atoms with van der Waals surface area (Å²) >= 11 is 7.43. The number of hydrogen-bond donors (Lipinski definition) is 0. The highest BCUT2D eigenvalue weighted by atomic mass is 35.5. The van der Waals surface area contributed by atoms with Crippen LogP contribution in [0.3, 0.4) is 0 Å². The molecule has 9 heteroatoms. The maximum atomic E-state index is 12.6.